The lowest BCUT2D eigenvalue weighted by Crippen LogP contribution is -2.44. The Labute approximate surface area is 145 Å². The molecule has 128 valence electrons. The first kappa shape index (κ1) is 18.1. The Morgan fingerprint density at radius 1 is 1.33 bits per heavy atom. The molecule has 2 aromatic rings. The lowest BCUT2D eigenvalue weighted by molar-refractivity contribution is -0.126. The number of anilines is 1. The summed E-state index contributed by atoms with van der Waals surface area (Å²) in [7, 11) is 0. The molecule has 0 bridgehead atoms. The minimum absolute atomic E-state index is 0.123. The fourth-order valence-electron chi connectivity index (χ4n) is 2.21. The molecule has 1 aromatic carbocycles. The molecule has 0 aliphatic carbocycles. The Bertz CT molecular complexity index is 673. The van der Waals surface area contributed by atoms with Crippen LogP contribution in [-0.2, 0) is 9.59 Å². The molecular formula is C17H22N4O2S. The summed E-state index contributed by atoms with van der Waals surface area (Å²) in [5.41, 5.74) is 2.50. The SMILES string of the molecule is CCC(=O)NC(CCSC)C(=O)Nc1cccc(-c2ccn[nH]2)c1. The highest BCUT2D eigenvalue weighted by Crippen LogP contribution is 2.20. The van der Waals surface area contributed by atoms with E-state index in [0.717, 1.165) is 17.0 Å². The van der Waals surface area contributed by atoms with E-state index in [1.807, 2.05) is 36.6 Å². The molecule has 3 N–H and O–H groups in total. The van der Waals surface area contributed by atoms with Gasteiger partial charge in [-0.15, -0.1) is 0 Å². The lowest BCUT2D eigenvalue weighted by Gasteiger charge is -2.18. The van der Waals surface area contributed by atoms with Crippen LogP contribution in [0.3, 0.4) is 0 Å². The number of thioether (sulfide) groups is 1. The van der Waals surface area contributed by atoms with E-state index in [9.17, 15) is 9.59 Å². The van der Waals surface area contributed by atoms with Crippen LogP contribution < -0.4 is 10.6 Å². The highest BCUT2D eigenvalue weighted by atomic mass is 32.2. The normalized spacial score (nSPS) is 11.8. The number of benzene rings is 1. The molecule has 2 amide bonds. The van der Waals surface area contributed by atoms with E-state index in [4.69, 9.17) is 0 Å². The van der Waals surface area contributed by atoms with Crippen molar-refractivity contribution in [2.75, 3.05) is 17.3 Å². The van der Waals surface area contributed by atoms with Crippen molar-refractivity contribution in [2.24, 2.45) is 0 Å². The van der Waals surface area contributed by atoms with Gasteiger partial charge in [0.15, 0.2) is 0 Å². The zero-order chi connectivity index (χ0) is 17.4. The summed E-state index contributed by atoms with van der Waals surface area (Å²) < 4.78 is 0. The Morgan fingerprint density at radius 3 is 2.83 bits per heavy atom. The molecule has 2 rings (SSSR count). The summed E-state index contributed by atoms with van der Waals surface area (Å²) in [6.45, 7) is 1.77. The third-order valence-electron chi connectivity index (χ3n) is 3.53. The van der Waals surface area contributed by atoms with Gasteiger partial charge >= 0.3 is 0 Å². The third-order valence-corrected chi connectivity index (χ3v) is 4.17. The number of carbonyl (C=O) groups excluding carboxylic acids is 2. The first-order chi connectivity index (χ1) is 11.6. The fourth-order valence-corrected chi connectivity index (χ4v) is 2.68. The van der Waals surface area contributed by atoms with Crippen LogP contribution >= 0.6 is 11.8 Å². The minimum atomic E-state index is -0.527. The predicted molar refractivity (Wildman–Crippen MR) is 97.9 cm³/mol. The Balaban J connectivity index is 2.08. The Morgan fingerprint density at radius 2 is 2.17 bits per heavy atom. The van der Waals surface area contributed by atoms with E-state index >= 15 is 0 Å². The average molecular weight is 346 g/mol. The second kappa shape index (κ2) is 9.12. The Kier molecular flexibility index (Phi) is 6.87. The maximum Gasteiger partial charge on any atom is 0.246 e. The van der Waals surface area contributed by atoms with Gasteiger partial charge in [-0.05, 0) is 36.6 Å². The second-order valence-corrected chi connectivity index (χ2v) is 6.28. The molecule has 0 radical (unpaired) electrons. The highest BCUT2D eigenvalue weighted by Gasteiger charge is 2.20. The molecule has 1 unspecified atom stereocenters. The molecule has 1 heterocycles. The number of rotatable bonds is 8. The number of hydrogen-bond donors (Lipinski definition) is 3. The summed E-state index contributed by atoms with van der Waals surface area (Å²) in [4.78, 5) is 24.2. The van der Waals surface area contributed by atoms with Crippen LogP contribution in [0.25, 0.3) is 11.3 Å². The van der Waals surface area contributed by atoms with E-state index in [1.165, 1.54) is 0 Å². The Hall–Kier alpha value is -2.28. The van der Waals surface area contributed by atoms with Crippen molar-refractivity contribution in [1.29, 1.82) is 0 Å². The summed E-state index contributed by atoms with van der Waals surface area (Å²) in [6.07, 6.45) is 4.61. The quantitative estimate of drug-likeness (QED) is 0.686. The molecule has 24 heavy (non-hydrogen) atoms. The zero-order valence-electron chi connectivity index (χ0n) is 13.8. The molecule has 0 aliphatic rings. The van der Waals surface area contributed by atoms with Crippen molar-refractivity contribution in [1.82, 2.24) is 15.5 Å². The van der Waals surface area contributed by atoms with Gasteiger partial charge in [0.1, 0.15) is 6.04 Å². The van der Waals surface area contributed by atoms with Crippen molar-refractivity contribution in [3.8, 4) is 11.3 Å². The van der Waals surface area contributed by atoms with Crippen LogP contribution in [0.4, 0.5) is 5.69 Å². The van der Waals surface area contributed by atoms with Gasteiger partial charge in [0.25, 0.3) is 0 Å². The molecule has 7 heteroatoms. The third kappa shape index (κ3) is 5.13. The van der Waals surface area contributed by atoms with E-state index in [2.05, 4.69) is 20.8 Å². The van der Waals surface area contributed by atoms with Gasteiger partial charge in [-0.2, -0.15) is 16.9 Å². The fraction of sp³-hybridized carbons (Fsp3) is 0.353. The van der Waals surface area contributed by atoms with Crippen molar-refractivity contribution in [3.63, 3.8) is 0 Å². The van der Waals surface area contributed by atoms with Gasteiger partial charge in [0, 0.05) is 23.9 Å². The smallest absolute Gasteiger partial charge is 0.246 e. The van der Waals surface area contributed by atoms with Crippen LogP contribution in [0.1, 0.15) is 19.8 Å². The monoisotopic (exact) mass is 346 g/mol. The highest BCUT2D eigenvalue weighted by molar-refractivity contribution is 7.98. The van der Waals surface area contributed by atoms with Crippen molar-refractivity contribution in [2.45, 2.75) is 25.8 Å². The molecule has 0 fully saturated rings. The largest absolute Gasteiger partial charge is 0.344 e. The second-order valence-electron chi connectivity index (χ2n) is 5.30. The zero-order valence-corrected chi connectivity index (χ0v) is 14.7. The number of H-pyrrole nitrogens is 1. The van der Waals surface area contributed by atoms with Crippen LogP contribution in [0.2, 0.25) is 0 Å². The summed E-state index contributed by atoms with van der Waals surface area (Å²) in [5, 5.41) is 12.5. The van der Waals surface area contributed by atoms with E-state index in [1.54, 1.807) is 24.9 Å². The summed E-state index contributed by atoms with van der Waals surface area (Å²) in [6, 6.07) is 8.84. The molecule has 0 aliphatic heterocycles. The van der Waals surface area contributed by atoms with Crippen LogP contribution in [-0.4, -0.2) is 40.1 Å². The number of aromatic nitrogens is 2. The van der Waals surface area contributed by atoms with E-state index in [0.29, 0.717) is 18.5 Å². The van der Waals surface area contributed by atoms with Crippen LogP contribution in [0.15, 0.2) is 36.5 Å². The maximum atomic E-state index is 12.5. The number of amides is 2. The van der Waals surface area contributed by atoms with E-state index in [-0.39, 0.29) is 11.8 Å². The number of aromatic amines is 1. The number of hydrogen-bond acceptors (Lipinski definition) is 4. The van der Waals surface area contributed by atoms with Crippen molar-refractivity contribution >= 4 is 29.3 Å². The van der Waals surface area contributed by atoms with Gasteiger partial charge in [-0.1, -0.05) is 19.1 Å². The van der Waals surface area contributed by atoms with Crippen molar-refractivity contribution in [3.05, 3.63) is 36.5 Å². The van der Waals surface area contributed by atoms with Crippen LogP contribution in [0.5, 0.6) is 0 Å². The first-order valence-corrected chi connectivity index (χ1v) is 9.22. The molecule has 1 atom stereocenters. The van der Waals surface area contributed by atoms with Crippen molar-refractivity contribution < 1.29 is 9.59 Å². The van der Waals surface area contributed by atoms with Gasteiger partial charge in [-0.3, -0.25) is 14.7 Å². The number of nitrogens with one attached hydrogen (secondary N) is 3. The van der Waals surface area contributed by atoms with Crippen LogP contribution in [0, 0.1) is 0 Å². The summed E-state index contributed by atoms with van der Waals surface area (Å²) >= 11 is 1.65. The topological polar surface area (TPSA) is 86.9 Å². The summed E-state index contributed by atoms with van der Waals surface area (Å²) in [5.74, 6) is 0.478. The standard InChI is InChI=1S/C17H22N4O2S/c1-3-16(22)20-15(8-10-24-2)17(23)19-13-6-4-5-12(11-13)14-7-9-18-21-14/h4-7,9,11,15H,3,8,10H2,1-2H3,(H,18,21)(H,19,23)(H,20,22). The maximum absolute atomic E-state index is 12.5. The molecule has 6 nitrogen and oxygen atoms in total. The molecule has 1 aromatic heterocycles. The minimum Gasteiger partial charge on any atom is -0.344 e. The van der Waals surface area contributed by atoms with Gasteiger partial charge in [0.2, 0.25) is 11.8 Å². The van der Waals surface area contributed by atoms with Gasteiger partial charge < -0.3 is 10.6 Å². The molecule has 0 saturated carbocycles. The average Bonchev–Trinajstić information content (AvgIpc) is 3.13. The molecular weight excluding hydrogens is 324 g/mol. The lowest BCUT2D eigenvalue weighted by atomic mass is 10.1. The number of nitrogens with zero attached hydrogens (tertiary/aromatic N) is 1. The molecule has 0 saturated heterocycles. The first-order valence-electron chi connectivity index (χ1n) is 7.83. The number of carbonyl (C=O) groups is 2. The van der Waals surface area contributed by atoms with Gasteiger partial charge in [0.05, 0.1) is 5.69 Å². The van der Waals surface area contributed by atoms with Gasteiger partial charge in [-0.25, -0.2) is 0 Å². The van der Waals surface area contributed by atoms with E-state index < -0.39 is 6.04 Å². The predicted octanol–water partition coefficient (Wildman–Crippen LogP) is 2.66. The molecule has 0 spiro atoms.